The molecule has 2 aromatic rings. The Balaban J connectivity index is 1.98. The highest BCUT2D eigenvalue weighted by Crippen LogP contribution is 2.27. The normalized spacial score (nSPS) is 11.7. The number of ether oxygens (including phenoxy) is 2. The van der Waals surface area contributed by atoms with E-state index in [2.05, 4.69) is 5.32 Å². The fourth-order valence-electron chi connectivity index (χ4n) is 2.48. The van der Waals surface area contributed by atoms with Gasteiger partial charge >= 0.3 is 0 Å². The zero-order chi connectivity index (χ0) is 18.4. The van der Waals surface area contributed by atoms with Crippen molar-refractivity contribution in [3.63, 3.8) is 0 Å². The Kier molecular flexibility index (Phi) is 6.30. The van der Waals surface area contributed by atoms with Crippen LogP contribution in [0.1, 0.15) is 5.56 Å². The van der Waals surface area contributed by atoms with Crippen molar-refractivity contribution in [2.45, 2.75) is 6.54 Å². The third kappa shape index (κ3) is 4.90. The number of rotatable bonds is 7. The summed E-state index contributed by atoms with van der Waals surface area (Å²) in [5.41, 5.74) is 0.520. The first kappa shape index (κ1) is 18.7. The molecule has 0 bridgehead atoms. The summed E-state index contributed by atoms with van der Waals surface area (Å²) in [7, 11) is 4.92. The second-order valence-corrected chi connectivity index (χ2v) is 5.64. The van der Waals surface area contributed by atoms with Crippen LogP contribution in [0, 0.1) is 11.6 Å². The zero-order valence-electron chi connectivity index (χ0n) is 14.4. The number of quaternary nitrogens is 1. The quantitative estimate of drug-likeness (QED) is 0.797. The Hall–Kier alpha value is -2.67. The second-order valence-electron chi connectivity index (χ2n) is 5.64. The topological polar surface area (TPSA) is 52.0 Å². The molecule has 7 heteroatoms. The minimum Gasteiger partial charge on any atom is -0.493 e. The first-order chi connectivity index (χ1) is 11.9. The van der Waals surface area contributed by atoms with Gasteiger partial charge in [0, 0.05) is 5.56 Å². The standard InChI is InChI=1S/C18H20F2N2O3/c1-22(10-12-7-8-15(24-2)16(9-12)25-3)11-17(23)21-18-13(19)5-4-6-14(18)20/h4-9H,10-11H2,1-3H3,(H,21,23)/p+1. The van der Waals surface area contributed by atoms with E-state index in [0.29, 0.717) is 18.0 Å². The molecule has 0 radical (unpaired) electrons. The lowest BCUT2D eigenvalue weighted by atomic mass is 10.2. The van der Waals surface area contributed by atoms with E-state index < -0.39 is 23.2 Å². The minimum atomic E-state index is -0.800. The summed E-state index contributed by atoms with van der Waals surface area (Å²) in [6.45, 7) is 0.593. The first-order valence-corrected chi connectivity index (χ1v) is 7.70. The molecule has 0 aliphatic heterocycles. The van der Waals surface area contributed by atoms with Crippen molar-refractivity contribution in [2.24, 2.45) is 0 Å². The molecule has 1 unspecified atom stereocenters. The Labute approximate surface area is 145 Å². The number of hydrogen-bond acceptors (Lipinski definition) is 3. The van der Waals surface area contributed by atoms with E-state index in [4.69, 9.17) is 9.47 Å². The van der Waals surface area contributed by atoms with Crippen LogP contribution in [0.4, 0.5) is 14.5 Å². The van der Waals surface area contributed by atoms with E-state index in [1.807, 2.05) is 19.2 Å². The van der Waals surface area contributed by atoms with Gasteiger partial charge in [0.1, 0.15) is 23.9 Å². The molecule has 0 aliphatic carbocycles. The Morgan fingerprint density at radius 1 is 1.08 bits per heavy atom. The largest absolute Gasteiger partial charge is 0.493 e. The predicted octanol–water partition coefficient (Wildman–Crippen LogP) is 1.64. The minimum absolute atomic E-state index is 0.0577. The highest BCUT2D eigenvalue weighted by molar-refractivity contribution is 5.91. The van der Waals surface area contributed by atoms with Gasteiger partial charge in [-0.1, -0.05) is 6.07 Å². The third-order valence-electron chi connectivity index (χ3n) is 3.64. The van der Waals surface area contributed by atoms with E-state index >= 15 is 0 Å². The van der Waals surface area contributed by atoms with Gasteiger partial charge in [-0.15, -0.1) is 0 Å². The third-order valence-corrected chi connectivity index (χ3v) is 3.64. The predicted molar refractivity (Wildman–Crippen MR) is 90.0 cm³/mol. The molecule has 2 N–H and O–H groups in total. The lowest BCUT2D eigenvalue weighted by molar-refractivity contribution is -0.885. The highest BCUT2D eigenvalue weighted by atomic mass is 19.1. The monoisotopic (exact) mass is 351 g/mol. The molecular formula is C18H21F2N2O3+. The number of para-hydroxylation sites is 1. The summed E-state index contributed by atoms with van der Waals surface area (Å²) >= 11 is 0. The van der Waals surface area contributed by atoms with Crippen molar-refractivity contribution in [3.05, 3.63) is 53.6 Å². The van der Waals surface area contributed by atoms with Crippen LogP contribution in [0.15, 0.2) is 36.4 Å². The fourth-order valence-corrected chi connectivity index (χ4v) is 2.48. The number of halogens is 2. The van der Waals surface area contributed by atoms with Gasteiger partial charge in [-0.3, -0.25) is 4.79 Å². The number of benzene rings is 2. The summed E-state index contributed by atoms with van der Waals surface area (Å²) in [5.74, 6) is -0.846. The number of carbonyl (C=O) groups is 1. The van der Waals surface area contributed by atoms with Crippen molar-refractivity contribution in [1.82, 2.24) is 0 Å². The van der Waals surface area contributed by atoms with Crippen LogP contribution in [0.5, 0.6) is 11.5 Å². The number of methoxy groups -OCH3 is 2. The van der Waals surface area contributed by atoms with Crippen molar-refractivity contribution in [3.8, 4) is 11.5 Å². The number of likely N-dealkylation sites (N-methyl/N-ethyl adjacent to an activating group) is 1. The molecule has 2 rings (SSSR count). The van der Waals surface area contributed by atoms with Gasteiger partial charge in [-0.2, -0.15) is 0 Å². The maximum atomic E-state index is 13.6. The van der Waals surface area contributed by atoms with Crippen LogP contribution in [0.2, 0.25) is 0 Å². The maximum absolute atomic E-state index is 13.6. The van der Waals surface area contributed by atoms with E-state index in [-0.39, 0.29) is 6.54 Å². The van der Waals surface area contributed by atoms with Crippen LogP contribution < -0.4 is 19.7 Å². The molecular weight excluding hydrogens is 330 g/mol. The van der Waals surface area contributed by atoms with Gasteiger partial charge in [-0.05, 0) is 30.3 Å². The van der Waals surface area contributed by atoms with Gasteiger partial charge in [0.25, 0.3) is 5.91 Å². The SMILES string of the molecule is COc1ccc(C[NH+](C)CC(=O)Nc2c(F)cccc2F)cc1OC. The second kappa shape index (κ2) is 8.43. The molecule has 2 aromatic carbocycles. The van der Waals surface area contributed by atoms with Gasteiger partial charge in [0.15, 0.2) is 18.0 Å². The van der Waals surface area contributed by atoms with E-state index in [1.165, 1.54) is 6.07 Å². The number of hydrogen-bond donors (Lipinski definition) is 2. The molecule has 0 aromatic heterocycles. The molecule has 25 heavy (non-hydrogen) atoms. The van der Waals surface area contributed by atoms with Gasteiger partial charge in [0.2, 0.25) is 0 Å². The lowest BCUT2D eigenvalue weighted by Gasteiger charge is -2.15. The zero-order valence-corrected chi connectivity index (χ0v) is 14.4. The van der Waals surface area contributed by atoms with Crippen molar-refractivity contribution in [2.75, 3.05) is 33.1 Å². The van der Waals surface area contributed by atoms with E-state index in [9.17, 15) is 13.6 Å². The molecule has 1 amide bonds. The van der Waals surface area contributed by atoms with Crippen LogP contribution in [0.25, 0.3) is 0 Å². The van der Waals surface area contributed by atoms with Gasteiger partial charge < -0.3 is 19.7 Å². The van der Waals surface area contributed by atoms with Crippen molar-refractivity contribution < 1.29 is 27.9 Å². The highest BCUT2D eigenvalue weighted by Gasteiger charge is 2.16. The van der Waals surface area contributed by atoms with Crippen molar-refractivity contribution >= 4 is 11.6 Å². The fraction of sp³-hybridized carbons (Fsp3) is 0.278. The molecule has 0 heterocycles. The first-order valence-electron chi connectivity index (χ1n) is 7.70. The summed E-state index contributed by atoms with van der Waals surface area (Å²) in [6, 6.07) is 8.93. The Morgan fingerprint density at radius 3 is 2.32 bits per heavy atom. The smallest absolute Gasteiger partial charge is 0.279 e. The number of amides is 1. The summed E-state index contributed by atoms with van der Waals surface area (Å²) in [6.07, 6.45) is 0. The number of nitrogens with one attached hydrogen (secondary N) is 2. The Morgan fingerprint density at radius 2 is 1.72 bits per heavy atom. The summed E-state index contributed by atoms with van der Waals surface area (Å²) in [5, 5.41) is 2.28. The molecule has 5 nitrogen and oxygen atoms in total. The van der Waals surface area contributed by atoms with Gasteiger partial charge in [-0.25, -0.2) is 8.78 Å². The van der Waals surface area contributed by atoms with E-state index in [1.54, 1.807) is 20.3 Å². The maximum Gasteiger partial charge on any atom is 0.279 e. The molecule has 0 aliphatic rings. The van der Waals surface area contributed by atoms with Crippen LogP contribution >= 0.6 is 0 Å². The van der Waals surface area contributed by atoms with Crippen LogP contribution in [-0.4, -0.2) is 33.7 Å². The average Bonchev–Trinajstić information content (AvgIpc) is 2.58. The number of anilines is 1. The van der Waals surface area contributed by atoms with Gasteiger partial charge in [0.05, 0.1) is 21.3 Å². The summed E-state index contributed by atoms with van der Waals surface area (Å²) in [4.78, 5) is 12.9. The Bertz CT molecular complexity index is 733. The molecule has 134 valence electrons. The molecule has 0 fully saturated rings. The van der Waals surface area contributed by atoms with Crippen molar-refractivity contribution in [1.29, 1.82) is 0 Å². The molecule has 0 saturated heterocycles. The molecule has 0 spiro atoms. The van der Waals surface area contributed by atoms with Crippen LogP contribution in [-0.2, 0) is 11.3 Å². The summed E-state index contributed by atoms with van der Waals surface area (Å²) < 4.78 is 37.6. The molecule has 1 atom stereocenters. The average molecular weight is 351 g/mol. The number of carbonyl (C=O) groups excluding carboxylic acids is 1. The van der Waals surface area contributed by atoms with Crippen LogP contribution in [0.3, 0.4) is 0 Å². The van der Waals surface area contributed by atoms with E-state index in [0.717, 1.165) is 22.6 Å². The molecule has 0 saturated carbocycles. The lowest BCUT2D eigenvalue weighted by Crippen LogP contribution is -3.08.